The van der Waals surface area contributed by atoms with Crippen molar-refractivity contribution in [2.24, 2.45) is 0 Å². The number of carbonyl (C=O) groups excluding carboxylic acids is 3. The van der Waals surface area contributed by atoms with Crippen molar-refractivity contribution in [3.63, 3.8) is 0 Å². The van der Waals surface area contributed by atoms with E-state index in [1.165, 1.54) is 24.0 Å². The number of nitrogens with zero attached hydrogens (tertiary/aromatic N) is 1. The van der Waals surface area contributed by atoms with E-state index >= 15 is 0 Å². The van der Waals surface area contributed by atoms with E-state index in [1.54, 1.807) is 25.1 Å². The fourth-order valence-electron chi connectivity index (χ4n) is 4.37. The van der Waals surface area contributed by atoms with Gasteiger partial charge in [-0.2, -0.15) is 0 Å². The molecular formula is C24H26BrN3O3. The number of hydrogen-bond acceptors (Lipinski definition) is 3. The summed E-state index contributed by atoms with van der Waals surface area (Å²) in [4.78, 5) is 39.2. The minimum Gasteiger partial charge on any atom is -0.348 e. The van der Waals surface area contributed by atoms with Crippen molar-refractivity contribution < 1.29 is 14.4 Å². The van der Waals surface area contributed by atoms with Crippen molar-refractivity contribution in [2.75, 3.05) is 6.54 Å². The molecule has 7 heteroatoms. The van der Waals surface area contributed by atoms with E-state index in [2.05, 4.69) is 38.7 Å². The van der Waals surface area contributed by atoms with Crippen LogP contribution in [0.15, 0.2) is 46.9 Å². The van der Waals surface area contributed by atoms with Crippen LogP contribution in [-0.2, 0) is 28.0 Å². The normalized spacial score (nSPS) is 21.5. The summed E-state index contributed by atoms with van der Waals surface area (Å²) < 4.78 is 0.809. The van der Waals surface area contributed by atoms with Crippen molar-refractivity contribution >= 4 is 33.8 Å². The van der Waals surface area contributed by atoms with E-state index in [0.717, 1.165) is 27.8 Å². The Balaban J connectivity index is 1.43. The number of nitrogens with one attached hydrogen (secondary N) is 2. The van der Waals surface area contributed by atoms with Crippen LogP contribution < -0.4 is 10.6 Å². The molecule has 2 aromatic carbocycles. The first-order valence-electron chi connectivity index (χ1n) is 10.6. The average Bonchev–Trinajstić information content (AvgIpc) is 2.97. The second-order valence-corrected chi connectivity index (χ2v) is 9.40. The monoisotopic (exact) mass is 483 g/mol. The van der Waals surface area contributed by atoms with Crippen molar-refractivity contribution in [1.82, 2.24) is 15.5 Å². The molecule has 0 unspecified atom stereocenters. The van der Waals surface area contributed by atoms with Gasteiger partial charge in [0.05, 0.1) is 6.04 Å². The lowest BCUT2D eigenvalue weighted by Crippen LogP contribution is -2.43. The third-order valence-electron chi connectivity index (χ3n) is 6.23. The van der Waals surface area contributed by atoms with Gasteiger partial charge in [-0.25, -0.2) is 4.79 Å². The summed E-state index contributed by atoms with van der Waals surface area (Å²) in [6.45, 7) is 3.26. The first-order valence-corrected chi connectivity index (χ1v) is 11.4. The van der Waals surface area contributed by atoms with Gasteiger partial charge in [0.25, 0.3) is 5.91 Å². The van der Waals surface area contributed by atoms with Crippen molar-refractivity contribution in [1.29, 1.82) is 0 Å². The molecule has 2 aliphatic rings. The highest BCUT2D eigenvalue weighted by Crippen LogP contribution is 2.30. The summed E-state index contributed by atoms with van der Waals surface area (Å²) in [5.74, 6) is -0.806. The average molecular weight is 484 g/mol. The van der Waals surface area contributed by atoms with Gasteiger partial charge in [-0.05, 0) is 73.9 Å². The molecule has 0 spiro atoms. The quantitative estimate of drug-likeness (QED) is 0.631. The molecule has 1 aliphatic heterocycles. The lowest BCUT2D eigenvalue weighted by atomic mass is 9.89. The summed E-state index contributed by atoms with van der Waals surface area (Å²) in [5, 5.41) is 5.66. The van der Waals surface area contributed by atoms with E-state index in [-0.39, 0.29) is 18.5 Å². The van der Waals surface area contributed by atoms with Gasteiger partial charge in [0.1, 0.15) is 12.1 Å². The molecule has 31 heavy (non-hydrogen) atoms. The molecule has 4 amide bonds. The molecule has 2 aromatic rings. The zero-order chi connectivity index (χ0) is 22.2. The summed E-state index contributed by atoms with van der Waals surface area (Å²) in [6.07, 6.45) is 4.60. The Labute approximate surface area is 190 Å². The van der Waals surface area contributed by atoms with Crippen molar-refractivity contribution in [3.05, 3.63) is 69.2 Å². The fourth-order valence-corrected chi connectivity index (χ4v) is 4.77. The molecule has 2 N–H and O–H groups in total. The first kappa shape index (κ1) is 21.6. The Kier molecular flexibility index (Phi) is 5.88. The number of urea groups is 1. The Bertz CT molecular complexity index is 1050. The molecule has 0 aromatic heterocycles. The Morgan fingerprint density at radius 3 is 2.65 bits per heavy atom. The van der Waals surface area contributed by atoms with Crippen LogP contribution in [0.3, 0.4) is 0 Å². The largest absolute Gasteiger partial charge is 0.348 e. The molecule has 1 fully saturated rings. The second-order valence-electron chi connectivity index (χ2n) is 8.48. The lowest BCUT2D eigenvalue weighted by Gasteiger charge is -2.23. The minimum atomic E-state index is -1.20. The smallest absolute Gasteiger partial charge is 0.325 e. The third kappa shape index (κ3) is 4.24. The fraction of sp³-hybridized carbons (Fsp3) is 0.375. The zero-order valence-corrected chi connectivity index (χ0v) is 19.3. The summed E-state index contributed by atoms with van der Waals surface area (Å²) in [6, 6.07) is 12.8. The van der Waals surface area contributed by atoms with Crippen LogP contribution in [0.25, 0.3) is 0 Å². The van der Waals surface area contributed by atoms with Crippen LogP contribution in [0.5, 0.6) is 0 Å². The van der Waals surface area contributed by atoms with E-state index < -0.39 is 17.5 Å². The van der Waals surface area contributed by atoms with Gasteiger partial charge in [-0.15, -0.1) is 0 Å². The molecule has 1 saturated heterocycles. The number of carbonyl (C=O) groups is 3. The molecule has 6 nitrogen and oxygen atoms in total. The van der Waals surface area contributed by atoms with Crippen LogP contribution in [0, 0.1) is 0 Å². The highest BCUT2D eigenvalue weighted by atomic mass is 79.9. The molecule has 0 radical (unpaired) electrons. The Morgan fingerprint density at radius 1 is 1.16 bits per heavy atom. The van der Waals surface area contributed by atoms with Gasteiger partial charge in [-0.1, -0.05) is 46.3 Å². The molecule has 4 rings (SSSR count). The molecule has 0 saturated carbocycles. The zero-order valence-electron chi connectivity index (χ0n) is 17.7. The van der Waals surface area contributed by atoms with Gasteiger partial charge in [0, 0.05) is 4.47 Å². The molecule has 1 heterocycles. The number of imide groups is 1. The molecule has 1 aliphatic carbocycles. The van der Waals surface area contributed by atoms with Crippen LogP contribution in [-0.4, -0.2) is 29.3 Å². The summed E-state index contributed by atoms with van der Waals surface area (Å²) >= 11 is 3.39. The number of hydrogen-bond donors (Lipinski definition) is 2. The maximum absolute atomic E-state index is 13.0. The predicted molar refractivity (Wildman–Crippen MR) is 121 cm³/mol. The molecule has 0 bridgehead atoms. The van der Waals surface area contributed by atoms with E-state index in [0.29, 0.717) is 5.56 Å². The van der Waals surface area contributed by atoms with Crippen molar-refractivity contribution in [2.45, 2.75) is 51.1 Å². The van der Waals surface area contributed by atoms with Crippen LogP contribution in [0.4, 0.5) is 4.79 Å². The Hall–Kier alpha value is -2.67. The van der Waals surface area contributed by atoms with E-state index in [4.69, 9.17) is 0 Å². The van der Waals surface area contributed by atoms with Gasteiger partial charge in [0.2, 0.25) is 5.91 Å². The van der Waals surface area contributed by atoms with Crippen LogP contribution in [0.2, 0.25) is 0 Å². The molecule has 162 valence electrons. The van der Waals surface area contributed by atoms with Crippen molar-refractivity contribution in [3.8, 4) is 0 Å². The summed E-state index contributed by atoms with van der Waals surface area (Å²) in [5.41, 5.74) is 3.23. The van der Waals surface area contributed by atoms with Gasteiger partial charge < -0.3 is 10.6 Å². The lowest BCUT2D eigenvalue weighted by molar-refractivity contribution is -0.135. The number of amides is 4. The number of rotatable bonds is 5. The third-order valence-corrected chi connectivity index (χ3v) is 6.72. The minimum absolute atomic E-state index is 0.211. The Morgan fingerprint density at radius 2 is 1.90 bits per heavy atom. The standard InChI is InChI=1S/C24H26BrN3O3/c1-15(17-11-10-16-6-3-4-7-18(16)12-17)26-21(29)14-28-22(30)24(2,27-23(28)31)19-8-5-9-20(25)13-19/h5,8-13,15H,3-4,6-7,14H2,1-2H3,(H,26,29)(H,27,31)/t15-,24-/m0/s1. The van der Waals surface area contributed by atoms with E-state index in [1.807, 2.05) is 19.1 Å². The maximum Gasteiger partial charge on any atom is 0.325 e. The van der Waals surface area contributed by atoms with Gasteiger partial charge in [-0.3, -0.25) is 14.5 Å². The number of fused-ring (bicyclic) bond motifs is 1. The van der Waals surface area contributed by atoms with Crippen LogP contribution >= 0.6 is 15.9 Å². The van der Waals surface area contributed by atoms with Gasteiger partial charge in [0.15, 0.2) is 0 Å². The number of halogens is 1. The van der Waals surface area contributed by atoms with Crippen LogP contribution in [0.1, 0.15) is 55.0 Å². The SMILES string of the molecule is C[C@H](NC(=O)CN1C(=O)N[C@@](C)(c2cccc(Br)c2)C1=O)c1ccc2c(c1)CCCC2. The highest BCUT2D eigenvalue weighted by molar-refractivity contribution is 9.10. The maximum atomic E-state index is 13.0. The van der Waals surface area contributed by atoms with E-state index in [9.17, 15) is 14.4 Å². The number of aryl methyl sites for hydroxylation is 2. The molecular weight excluding hydrogens is 458 g/mol. The number of benzene rings is 2. The molecule has 2 atom stereocenters. The second kappa shape index (κ2) is 8.46. The topological polar surface area (TPSA) is 78.5 Å². The summed E-state index contributed by atoms with van der Waals surface area (Å²) in [7, 11) is 0. The predicted octanol–water partition coefficient (Wildman–Crippen LogP) is 3.97. The van der Waals surface area contributed by atoms with Gasteiger partial charge >= 0.3 is 6.03 Å². The first-order chi connectivity index (χ1) is 14.8. The highest BCUT2D eigenvalue weighted by Gasteiger charge is 2.49.